The van der Waals surface area contributed by atoms with Crippen LogP contribution in [0.3, 0.4) is 0 Å². The molecule has 0 aliphatic heterocycles. The number of aromatic nitrogens is 1. The summed E-state index contributed by atoms with van der Waals surface area (Å²) in [4.78, 5) is 4.04. The second-order valence-corrected chi connectivity index (χ2v) is 4.62. The number of ether oxygens (including phenoxy) is 1. The van der Waals surface area contributed by atoms with Crippen molar-refractivity contribution in [2.24, 2.45) is 0 Å². The van der Waals surface area contributed by atoms with Crippen LogP contribution in [-0.2, 0) is 0 Å². The molecule has 0 amide bonds. The maximum absolute atomic E-state index is 5.59. The molecule has 0 aliphatic rings. The summed E-state index contributed by atoms with van der Waals surface area (Å²) in [6, 6.07) is 1.94. The van der Waals surface area contributed by atoms with E-state index in [9.17, 15) is 0 Å². The van der Waals surface area contributed by atoms with E-state index < -0.39 is 0 Å². The number of hydrogen-bond acceptors (Lipinski definition) is 3. The Hall–Kier alpha value is -0.610. The van der Waals surface area contributed by atoms with Gasteiger partial charge in [-0.2, -0.15) is 0 Å². The first kappa shape index (κ1) is 13.5. The molecular formula is C12H19BrN2O. The molecule has 0 fully saturated rings. The fourth-order valence-corrected chi connectivity index (χ4v) is 1.76. The maximum Gasteiger partial charge on any atom is 0.138 e. The van der Waals surface area contributed by atoms with Gasteiger partial charge >= 0.3 is 0 Å². The Bertz CT molecular complexity index is 294. The Morgan fingerprint density at radius 1 is 1.25 bits per heavy atom. The van der Waals surface area contributed by atoms with Crippen LogP contribution in [0.25, 0.3) is 0 Å². The fourth-order valence-electron chi connectivity index (χ4n) is 1.42. The highest BCUT2D eigenvalue weighted by Crippen LogP contribution is 2.16. The molecule has 1 aromatic heterocycles. The van der Waals surface area contributed by atoms with E-state index >= 15 is 0 Å². The van der Waals surface area contributed by atoms with Crippen molar-refractivity contribution in [2.45, 2.75) is 25.7 Å². The first-order chi connectivity index (χ1) is 7.83. The van der Waals surface area contributed by atoms with Gasteiger partial charge in [0.25, 0.3) is 0 Å². The molecule has 0 unspecified atom stereocenters. The van der Waals surface area contributed by atoms with Gasteiger partial charge in [-0.3, -0.25) is 4.98 Å². The van der Waals surface area contributed by atoms with Crippen LogP contribution in [0.15, 0.2) is 22.9 Å². The van der Waals surface area contributed by atoms with E-state index in [-0.39, 0.29) is 0 Å². The summed E-state index contributed by atoms with van der Waals surface area (Å²) in [6.07, 6.45) is 8.34. The molecule has 0 bridgehead atoms. The van der Waals surface area contributed by atoms with Crippen LogP contribution in [0, 0.1) is 0 Å². The van der Waals surface area contributed by atoms with Crippen molar-refractivity contribution >= 4 is 15.9 Å². The number of hydrogen-bond donors (Lipinski definition) is 1. The Morgan fingerprint density at radius 3 is 2.81 bits per heavy atom. The van der Waals surface area contributed by atoms with Gasteiger partial charge in [-0.1, -0.05) is 12.8 Å². The highest BCUT2D eigenvalue weighted by atomic mass is 79.9. The summed E-state index contributed by atoms with van der Waals surface area (Å²) in [5.74, 6) is 0.838. The summed E-state index contributed by atoms with van der Waals surface area (Å²) < 4.78 is 6.54. The molecule has 0 radical (unpaired) electrons. The van der Waals surface area contributed by atoms with Crippen LogP contribution in [0.5, 0.6) is 5.75 Å². The van der Waals surface area contributed by atoms with Gasteiger partial charge in [0, 0.05) is 10.7 Å². The van der Waals surface area contributed by atoms with Crippen LogP contribution in [0.1, 0.15) is 25.7 Å². The molecule has 16 heavy (non-hydrogen) atoms. The van der Waals surface area contributed by atoms with E-state index in [0.29, 0.717) is 0 Å². The molecule has 0 aliphatic carbocycles. The van der Waals surface area contributed by atoms with Gasteiger partial charge in [-0.25, -0.2) is 0 Å². The van der Waals surface area contributed by atoms with Crippen LogP contribution in [-0.4, -0.2) is 25.2 Å². The number of pyridine rings is 1. The largest absolute Gasteiger partial charge is 0.492 e. The number of nitrogens with zero attached hydrogens (tertiary/aromatic N) is 1. The third-order valence-corrected chi connectivity index (χ3v) is 2.70. The second-order valence-electron chi connectivity index (χ2n) is 3.71. The zero-order valence-electron chi connectivity index (χ0n) is 9.71. The number of unbranched alkanes of at least 4 members (excludes halogenated alkanes) is 3. The minimum absolute atomic E-state index is 0.775. The number of halogens is 1. The third kappa shape index (κ3) is 6.08. The molecule has 3 nitrogen and oxygen atoms in total. The average Bonchev–Trinajstić information content (AvgIpc) is 2.28. The van der Waals surface area contributed by atoms with Gasteiger partial charge in [0.1, 0.15) is 5.75 Å². The first-order valence-corrected chi connectivity index (χ1v) is 6.50. The number of rotatable bonds is 8. The van der Waals surface area contributed by atoms with Crippen molar-refractivity contribution in [3.8, 4) is 5.75 Å². The lowest BCUT2D eigenvalue weighted by atomic mass is 10.2. The highest BCUT2D eigenvalue weighted by molar-refractivity contribution is 9.10. The molecule has 0 atom stereocenters. The normalized spacial score (nSPS) is 10.4. The van der Waals surface area contributed by atoms with Crippen molar-refractivity contribution in [1.82, 2.24) is 10.3 Å². The lowest BCUT2D eigenvalue weighted by Crippen LogP contribution is -2.07. The molecule has 1 rings (SSSR count). The minimum atomic E-state index is 0.775. The average molecular weight is 287 g/mol. The van der Waals surface area contributed by atoms with Crippen molar-refractivity contribution in [2.75, 3.05) is 20.2 Å². The monoisotopic (exact) mass is 286 g/mol. The van der Waals surface area contributed by atoms with Crippen molar-refractivity contribution in [3.63, 3.8) is 0 Å². The van der Waals surface area contributed by atoms with E-state index in [0.717, 1.165) is 29.8 Å². The van der Waals surface area contributed by atoms with Gasteiger partial charge in [0.15, 0.2) is 0 Å². The third-order valence-electron chi connectivity index (χ3n) is 2.27. The summed E-state index contributed by atoms with van der Waals surface area (Å²) in [7, 11) is 1.99. The van der Waals surface area contributed by atoms with Gasteiger partial charge in [-0.05, 0) is 48.4 Å². The Balaban J connectivity index is 2.03. The van der Waals surface area contributed by atoms with Gasteiger partial charge in [0.2, 0.25) is 0 Å². The molecule has 0 saturated heterocycles. The summed E-state index contributed by atoms with van der Waals surface area (Å²) in [6.45, 7) is 1.88. The molecule has 0 spiro atoms. The fraction of sp³-hybridized carbons (Fsp3) is 0.583. The van der Waals surface area contributed by atoms with E-state index in [1.54, 1.807) is 12.4 Å². The molecule has 0 aromatic carbocycles. The second kappa shape index (κ2) is 8.53. The van der Waals surface area contributed by atoms with Crippen LogP contribution in [0.2, 0.25) is 0 Å². The lowest BCUT2D eigenvalue weighted by Gasteiger charge is -2.05. The zero-order chi connectivity index (χ0) is 11.6. The molecular weight excluding hydrogens is 268 g/mol. The first-order valence-electron chi connectivity index (χ1n) is 5.71. The predicted octanol–water partition coefficient (Wildman–Crippen LogP) is 3.00. The number of nitrogens with one attached hydrogen (secondary N) is 1. The van der Waals surface area contributed by atoms with Crippen molar-refractivity contribution < 1.29 is 4.74 Å². The van der Waals surface area contributed by atoms with Crippen LogP contribution >= 0.6 is 15.9 Å². The SMILES string of the molecule is CNCCCCCCOc1cncc(Br)c1. The van der Waals surface area contributed by atoms with Crippen LogP contribution in [0.4, 0.5) is 0 Å². The Morgan fingerprint density at radius 2 is 2.06 bits per heavy atom. The quantitative estimate of drug-likeness (QED) is 0.746. The van der Waals surface area contributed by atoms with E-state index in [1.807, 2.05) is 13.1 Å². The van der Waals surface area contributed by atoms with E-state index in [2.05, 4.69) is 26.2 Å². The Kier molecular flexibility index (Phi) is 7.17. The predicted molar refractivity (Wildman–Crippen MR) is 69.8 cm³/mol. The molecule has 1 N–H and O–H groups in total. The smallest absolute Gasteiger partial charge is 0.138 e. The van der Waals surface area contributed by atoms with Gasteiger partial charge in [-0.15, -0.1) is 0 Å². The van der Waals surface area contributed by atoms with E-state index in [1.165, 1.54) is 19.3 Å². The summed E-state index contributed by atoms with van der Waals surface area (Å²) in [5, 5.41) is 3.15. The standard InChI is InChI=1S/C12H19BrN2O/c1-14-6-4-2-3-5-7-16-12-8-11(13)9-15-10-12/h8-10,14H,2-7H2,1H3. The van der Waals surface area contributed by atoms with Gasteiger partial charge < -0.3 is 10.1 Å². The van der Waals surface area contributed by atoms with E-state index in [4.69, 9.17) is 4.74 Å². The Labute approximate surface area is 106 Å². The zero-order valence-corrected chi connectivity index (χ0v) is 11.3. The minimum Gasteiger partial charge on any atom is -0.492 e. The topological polar surface area (TPSA) is 34.1 Å². The van der Waals surface area contributed by atoms with Gasteiger partial charge in [0.05, 0.1) is 12.8 Å². The van der Waals surface area contributed by atoms with Crippen molar-refractivity contribution in [3.05, 3.63) is 22.9 Å². The molecule has 1 aromatic rings. The lowest BCUT2D eigenvalue weighted by molar-refractivity contribution is 0.303. The summed E-state index contributed by atoms with van der Waals surface area (Å²) in [5.41, 5.74) is 0. The molecule has 0 saturated carbocycles. The molecule has 90 valence electrons. The highest BCUT2D eigenvalue weighted by Gasteiger charge is 1.95. The molecule has 1 heterocycles. The van der Waals surface area contributed by atoms with Crippen molar-refractivity contribution in [1.29, 1.82) is 0 Å². The maximum atomic E-state index is 5.59. The van der Waals surface area contributed by atoms with Crippen LogP contribution < -0.4 is 10.1 Å². The summed E-state index contributed by atoms with van der Waals surface area (Å²) >= 11 is 3.36. The molecule has 4 heteroatoms.